The van der Waals surface area contributed by atoms with Gasteiger partial charge in [0.15, 0.2) is 0 Å². The largest absolute Gasteiger partial charge is 0.379 e. The lowest BCUT2D eigenvalue weighted by atomic mass is 9.90. The molecule has 2 fully saturated rings. The average molecular weight is 321 g/mol. The van der Waals surface area contributed by atoms with Gasteiger partial charge in [-0.15, -0.1) is 0 Å². The Morgan fingerprint density at radius 1 is 1.48 bits per heavy atom. The molecule has 1 amide bonds. The Balaban J connectivity index is 1.52. The number of ether oxygens (including phenoxy) is 1. The fourth-order valence-electron chi connectivity index (χ4n) is 3.46. The highest BCUT2D eigenvalue weighted by molar-refractivity contribution is 5.80. The van der Waals surface area contributed by atoms with Gasteiger partial charge in [0.2, 0.25) is 5.91 Å². The predicted molar refractivity (Wildman–Crippen MR) is 87.2 cm³/mol. The molecule has 2 N–H and O–H groups in total. The molecule has 128 valence electrons. The van der Waals surface area contributed by atoms with Crippen LogP contribution in [-0.4, -0.2) is 72.6 Å². The van der Waals surface area contributed by atoms with Crippen molar-refractivity contribution in [3.63, 3.8) is 0 Å². The van der Waals surface area contributed by atoms with Gasteiger partial charge in [-0.25, -0.2) is 0 Å². The van der Waals surface area contributed by atoms with E-state index in [0.717, 1.165) is 45.0 Å². The number of hydrogen-bond acceptors (Lipinski definition) is 5. The fourth-order valence-corrected chi connectivity index (χ4v) is 3.46. The van der Waals surface area contributed by atoms with Crippen LogP contribution in [0.2, 0.25) is 0 Å². The van der Waals surface area contributed by atoms with Crippen LogP contribution in [-0.2, 0) is 16.6 Å². The van der Waals surface area contributed by atoms with Crippen molar-refractivity contribution < 1.29 is 9.53 Å². The summed E-state index contributed by atoms with van der Waals surface area (Å²) in [6.45, 7) is 7.88. The molecule has 2 aliphatic rings. The van der Waals surface area contributed by atoms with E-state index >= 15 is 0 Å². The summed E-state index contributed by atoms with van der Waals surface area (Å²) in [7, 11) is 1.91. The first-order chi connectivity index (χ1) is 11.1. The summed E-state index contributed by atoms with van der Waals surface area (Å²) in [6.07, 6.45) is 3.88. The van der Waals surface area contributed by atoms with Crippen molar-refractivity contribution in [3.8, 4) is 0 Å². The summed E-state index contributed by atoms with van der Waals surface area (Å²) >= 11 is 0. The van der Waals surface area contributed by atoms with Gasteiger partial charge in [-0.3, -0.25) is 14.4 Å². The summed E-state index contributed by atoms with van der Waals surface area (Å²) in [6, 6.07) is 0.342. The quantitative estimate of drug-likeness (QED) is 0.769. The van der Waals surface area contributed by atoms with Crippen molar-refractivity contribution in [2.45, 2.75) is 18.9 Å². The van der Waals surface area contributed by atoms with E-state index in [4.69, 9.17) is 4.74 Å². The highest BCUT2D eigenvalue weighted by atomic mass is 16.5. The third kappa shape index (κ3) is 3.91. The van der Waals surface area contributed by atoms with E-state index in [9.17, 15) is 4.79 Å². The smallest absolute Gasteiger partial charge is 0.225 e. The molecule has 1 aromatic heterocycles. The molecule has 0 bridgehead atoms. The molecule has 3 atom stereocenters. The lowest BCUT2D eigenvalue weighted by Gasteiger charge is -2.32. The summed E-state index contributed by atoms with van der Waals surface area (Å²) in [4.78, 5) is 15.0. The Labute approximate surface area is 137 Å². The molecule has 0 aliphatic carbocycles. The molecular weight excluding hydrogens is 294 g/mol. The minimum atomic E-state index is -0.0175. The monoisotopic (exact) mass is 321 g/mol. The van der Waals surface area contributed by atoms with Gasteiger partial charge in [0, 0.05) is 57.9 Å². The van der Waals surface area contributed by atoms with Crippen LogP contribution >= 0.6 is 0 Å². The Morgan fingerprint density at radius 2 is 2.26 bits per heavy atom. The number of aromatic nitrogens is 2. The summed E-state index contributed by atoms with van der Waals surface area (Å²) < 4.78 is 7.17. The van der Waals surface area contributed by atoms with Gasteiger partial charge in [0.1, 0.15) is 0 Å². The van der Waals surface area contributed by atoms with Crippen LogP contribution in [0.4, 0.5) is 0 Å². The van der Waals surface area contributed by atoms with Crippen molar-refractivity contribution in [2.75, 3.05) is 45.9 Å². The van der Waals surface area contributed by atoms with Gasteiger partial charge < -0.3 is 15.4 Å². The van der Waals surface area contributed by atoms with Crippen molar-refractivity contribution in [1.29, 1.82) is 0 Å². The minimum Gasteiger partial charge on any atom is -0.379 e. The van der Waals surface area contributed by atoms with Gasteiger partial charge in [0.25, 0.3) is 0 Å². The van der Waals surface area contributed by atoms with E-state index in [1.165, 1.54) is 0 Å². The van der Waals surface area contributed by atoms with Crippen LogP contribution in [0.15, 0.2) is 12.4 Å². The molecule has 0 radical (unpaired) electrons. The lowest BCUT2D eigenvalue weighted by Crippen LogP contribution is -2.48. The number of hydrogen-bond donors (Lipinski definition) is 2. The number of carbonyl (C=O) groups is 1. The number of amides is 1. The van der Waals surface area contributed by atoms with E-state index in [1.807, 2.05) is 19.4 Å². The van der Waals surface area contributed by atoms with Crippen LogP contribution < -0.4 is 10.6 Å². The first-order valence-electron chi connectivity index (χ1n) is 8.44. The van der Waals surface area contributed by atoms with Gasteiger partial charge in [0.05, 0.1) is 25.3 Å². The molecular formula is C16H27N5O2. The number of nitrogens with zero attached hydrogens (tertiary/aromatic N) is 3. The van der Waals surface area contributed by atoms with Crippen molar-refractivity contribution in [3.05, 3.63) is 18.0 Å². The van der Waals surface area contributed by atoms with Gasteiger partial charge >= 0.3 is 0 Å². The van der Waals surface area contributed by atoms with Crippen molar-refractivity contribution >= 4 is 5.91 Å². The molecule has 3 rings (SSSR count). The fraction of sp³-hybridized carbons (Fsp3) is 0.750. The zero-order valence-corrected chi connectivity index (χ0v) is 14.0. The lowest BCUT2D eigenvalue weighted by molar-refractivity contribution is -0.125. The maximum Gasteiger partial charge on any atom is 0.225 e. The number of morpholine rings is 1. The zero-order chi connectivity index (χ0) is 16.2. The molecule has 2 saturated heterocycles. The minimum absolute atomic E-state index is 0.0175. The predicted octanol–water partition coefficient (Wildman–Crippen LogP) is -0.440. The van der Waals surface area contributed by atoms with E-state index in [-0.39, 0.29) is 17.7 Å². The van der Waals surface area contributed by atoms with Gasteiger partial charge in [-0.05, 0) is 12.5 Å². The van der Waals surface area contributed by atoms with E-state index in [2.05, 4.69) is 27.6 Å². The van der Waals surface area contributed by atoms with Gasteiger partial charge in [-0.2, -0.15) is 5.10 Å². The normalized spacial score (nSPS) is 27.0. The van der Waals surface area contributed by atoms with Crippen molar-refractivity contribution in [2.24, 2.45) is 13.0 Å². The van der Waals surface area contributed by atoms with Crippen molar-refractivity contribution in [1.82, 2.24) is 25.3 Å². The topological polar surface area (TPSA) is 71.4 Å². The molecule has 3 heterocycles. The second-order valence-corrected chi connectivity index (χ2v) is 6.56. The molecule has 23 heavy (non-hydrogen) atoms. The van der Waals surface area contributed by atoms with Crippen LogP contribution in [0.5, 0.6) is 0 Å². The molecule has 7 nitrogen and oxygen atoms in total. The zero-order valence-electron chi connectivity index (χ0n) is 14.0. The maximum absolute atomic E-state index is 12.6. The number of aryl methyl sites for hydroxylation is 1. The summed E-state index contributed by atoms with van der Waals surface area (Å²) in [5.74, 6) is 0.336. The third-order valence-corrected chi connectivity index (χ3v) is 4.94. The second kappa shape index (κ2) is 7.42. The molecule has 7 heteroatoms. The Bertz CT molecular complexity index is 526. The summed E-state index contributed by atoms with van der Waals surface area (Å²) in [5, 5.41) is 10.7. The highest BCUT2D eigenvalue weighted by Gasteiger charge is 2.34. The molecule has 1 aromatic rings. The number of carbonyl (C=O) groups excluding carboxylic acids is 1. The second-order valence-electron chi connectivity index (χ2n) is 6.56. The van der Waals surface area contributed by atoms with Crippen LogP contribution in [0.1, 0.15) is 18.4 Å². The number of nitrogens with one attached hydrogen (secondary N) is 2. The summed E-state index contributed by atoms with van der Waals surface area (Å²) in [5.41, 5.74) is 1.14. The molecule has 2 aliphatic heterocycles. The Kier molecular flexibility index (Phi) is 5.30. The third-order valence-electron chi connectivity index (χ3n) is 4.94. The Morgan fingerprint density at radius 3 is 2.96 bits per heavy atom. The van der Waals surface area contributed by atoms with E-state index in [0.29, 0.717) is 12.6 Å². The van der Waals surface area contributed by atoms with Gasteiger partial charge in [-0.1, -0.05) is 0 Å². The SMILES string of the molecule is CC(CNC(=O)[C@H]1CNC[C@@H]1c1cnn(C)c1)N1CCOCC1. The van der Waals surface area contributed by atoms with Crippen LogP contribution in [0, 0.1) is 5.92 Å². The van der Waals surface area contributed by atoms with E-state index in [1.54, 1.807) is 4.68 Å². The molecule has 0 aromatic carbocycles. The highest BCUT2D eigenvalue weighted by Crippen LogP contribution is 2.27. The maximum atomic E-state index is 12.6. The first-order valence-corrected chi connectivity index (χ1v) is 8.44. The average Bonchev–Trinajstić information content (AvgIpc) is 3.21. The first kappa shape index (κ1) is 16.4. The number of rotatable bonds is 5. The van der Waals surface area contributed by atoms with Crippen LogP contribution in [0.3, 0.4) is 0 Å². The van der Waals surface area contributed by atoms with Crippen LogP contribution in [0.25, 0.3) is 0 Å². The molecule has 0 spiro atoms. The van der Waals surface area contributed by atoms with E-state index < -0.39 is 0 Å². The molecule has 1 unspecified atom stereocenters. The molecule has 0 saturated carbocycles. The standard InChI is InChI=1S/C16H27N5O2/c1-12(21-3-5-23-6-4-21)7-18-16(22)15-10-17-9-14(15)13-8-19-20(2)11-13/h8,11-12,14-15,17H,3-7,9-10H2,1-2H3,(H,18,22)/t12?,14-,15+/m1/s1. The Hall–Kier alpha value is -1.44.